The van der Waals surface area contributed by atoms with Gasteiger partial charge in [0, 0.05) is 14.2 Å². The molecule has 2 bridgehead atoms. The molecule has 1 N–H and O–H groups in total. The topological polar surface area (TPSA) is 38.7 Å². The third kappa shape index (κ3) is 1.60. The molecular weight excluding hydrogens is 334 g/mol. The molecule has 106 valence electrons. The normalized spacial score (nSPS) is 39.4. The molecule has 2 aliphatic carbocycles. The minimum Gasteiger partial charge on any atom is -0.384 e. The quantitative estimate of drug-likeness (QED) is 0.475. The second-order valence-corrected chi connectivity index (χ2v) is 6.40. The molecule has 3 nitrogen and oxygen atoms in total. The molecule has 0 saturated heterocycles. The van der Waals surface area contributed by atoms with Crippen LogP contribution in [0.15, 0.2) is 10.1 Å². The van der Waals surface area contributed by atoms with Crippen molar-refractivity contribution in [2.75, 3.05) is 20.8 Å². The zero-order chi connectivity index (χ0) is 14.5. The summed E-state index contributed by atoms with van der Waals surface area (Å²) in [6, 6.07) is 0. The largest absolute Gasteiger partial charge is 0.384 e. The Morgan fingerprint density at radius 1 is 1.26 bits per heavy atom. The maximum atomic E-state index is 8.82. The summed E-state index contributed by atoms with van der Waals surface area (Å²) in [5.74, 6) is 3.58. The average molecular weight is 346 g/mol. The summed E-state index contributed by atoms with van der Waals surface area (Å²) in [6.07, 6.45) is 0.321. The van der Waals surface area contributed by atoms with Crippen LogP contribution in [0, 0.1) is 17.8 Å². The lowest BCUT2D eigenvalue weighted by Crippen LogP contribution is -2.56. The fourth-order valence-electron chi connectivity index (χ4n) is 2.96. The summed E-state index contributed by atoms with van der Waals surface area (Å²) in [6.45, 7) is -0.277. The van der Waals surface area contributed by atoms with E-state index in [1.54, 1.807) is 0 Å². The van der Waals surface area contributed by atoms with E-state index in [-0.39, 0.29) is 16.7 Å². The lowest BCUT2D eigenvalue weighted by Gasteiger charge is -2.40. The molecule has 7 heteroatoms. The van der Waals surface area contributed by atoms with Crippen molar-refractivity contribution >= 4 is 46.4 Å². The first-order valence-electron chi connectivity index (χ1n) is 5.49. The van der Waals surface area contributed by atoms with Crippen LogP contribution in [0.25, 0.3) is 0 Å². The third-order valence-electron chi connectivity index (χ3n) is 3.76. The molecule has 3 unspecified atom stereocenters. The van der Waals surface area contributed by atoms with Gasteiger partial charge in [0.05, 0.1) is 16.0 Å². The highest BCUT2D eigenvalue weighted by Gasteiger charge is 2.80. The highest BCUT2D eigenvalue weighted by molar-refractivity contribution is 6.52. The predicted molar refractivity (Wildman–Crippen MR) is 75.6 cm³/mol. The van der Waals surface area contributed by atoms with Crippen molar-refractivity contribution < 1.29 is 14.6 Å². The lowest BCUT2D eigenvalue weighted by molar-refractivity contribution is -0.217. The first-order valence-corrected chi connectivity index (χ1v) is 7.00. The highest BCUT2D eigenvalue weighted by Crippen LogP contribution is 2.71. The Kier molecular flexibility index (Phi) is 4.11. The monoisotopic (exact) mass is 344 g/mol. The second kappa shape index (κ2) is 4.96. The Balaban J connectivity index is 2.64. The molecule has 0 heterocycles. The molecule has 1 saturated carbocycles. The molecule has 19 heavy (non-hydrogen) atoms. The van der Waals surface area contributed by atoms with Crippen LogP contribution in [0.5, 0.6) is 0 Å². The van der Waals surface area contributed by atoms with Crippen LogP contribution in [-0.2, 0) is 9.47 Å². The lowest BCUT2D eigenvalue weighted by atomic mass is 9.92. The average Bonchev–Trinajstić information content (AvgIpc) is 2.67. The number of halogens is 4. The van der Waals surface area contributed by atoms with Gasteiger partial charge in [-0.25, -0.2) is 0 Å². The van der Waals surface area contributed by atoms with E-state index in [0.29, 0.717) is 6.42 Å². The van der Waals surface area contributed by atoms with E-state index in [4.69, 9.17) is 61.0 Å². The Morgan fingerprint density at radius 2 is 1.84 bits per heavy atom. The molecular formula is C12H12Cl4O3. The summed E-state index contributed by atoms with van der Waals surface area (Å²) in [4.78, 5) is -2.48. The van der Waals surface area contributed by atoms with Crippen LogP contribution in [0.1, 0.15) is 6.42 Å². The van der Waals surface area contributed by atoms with Crippen molar-refractivity contribution in [1.29, 1.82) is 0 Å². The van der Waals surface area contributed by atoms with Crippen LogP contribution in [-0.4, -0.2) is 41.5 Å². The zero-order valence-electron chi connectivity index (χ0n) is 10.3. The van der Waals surface area contributed by atoms with Crippen molar-refractivity contribution in [2.45, 2.75) is 22.0 Å². The SMILES string of the molecule is COC1(OC)C2(Cl)CC(C#CCO)C1(Cl)C(Cl)=C2Cl. The van der Waals surface area contributed by atoms with E-state index in [0.717, 1.165) is 0 Å². The van der Waals surface area contributed by atoms with Crippen LogP contribution < -0.4 is 0 Å². The van der Waals surface area contributed by atoms with Gasteiger partial charge in [0.25, 0.3) is 0 Å². The van der Waals surface area contributed by atoms with Gasteiger partial charge in [0.2, 0.25) is 5.79 Å². The fourth-order valence-corrected chi connectivity index (χ4v) is 4.97. The zero-order valence-corrected chi connectivity index (χ0v) is 13.3. The molecule has 1 fully saturated rings. The molecule has 3 atom stereocenters. The van der Waals surface area contributed by atoms with Crippen LogP contribution in [0.4, 0.5) is 0 Å². The molecule has 0 aromatic carbocycles. The number of hydrogen-bond donors (Lipinski definition) is 1. The fraction of sp³-hybridized carbons (Fsp3) is 0.667. The Labute approximate surface area is 131 Å². The van der Waals surface area contributed by atoms with E-state index in [1.807, 2.05) is 0 Å². The predicted octanol–water partition coefficient (Wildman–Crippen LogP) is 2.65. The van der Waals surface area contributed by atoms with Gasteiger partial charge >= 0.3 is 0 Å². The van der Waals surface area contributed by atoms with Crippen molar-refractivity contribution in [3.8, 4) is 11.8 Å². The van der Waals surface area contributed by atoms with Crippen LogP contribution in [0.2, 0.25) is 0 Å². The number of hydrogen-bond acceptors (Lipinski definition) is 3. The van der Waals surface area contributed by atoms with Gasteiger partial charge in [0.1, 0.15) is 11.5 Å². The summed E-state index contributed by atoms with van der Waals surface area (Å²) in [5.41, 5.74) is 0. The van der Waals surface area contributed by atoms with Crippen molar-refractivity contribution in [1.82, 2.24) is 0 Å². The van der Waals surface area contributed by atoms with Gasteiger partial charge in [-0.3, -0.25) is 0 Å². The molecule has 0 aromatic rings. The van der Waals surface area contributed by atoms with Crippen molar-refractivity contribution in [3.63, 3.8) is 0 Å². The van der Waals surface area contributed by atoms with Crippen LogP contribution in [0.3, 0.4) is 0 Å². The molecule has 0 spiro atoms. The standard InChI is InChI=1S/C12H12Cl4O3/c1-18-12(19-2)10(15)6-7(4-3-5-17)11(12,16)9(14)8(10)13/h7,17H,5-6H2,1-2H3. The van der Waals surface area contributed by atoms with Gasteiger partial charge < -0.3 is 14.6 Å². The summed E-state index contributed by atoms with van der Waals surface area (Å²) >= 11 is 25.7. The second-order valence-electron chi connectivity index (χ2n) is 4.40. The number of fused-ring (bicyclic) bond motifs is 2. The number of ether oxygens (including phenoxy) is 2. The van der Waals surface area contributed by atoms with E-state index in [1.165, 1.54) is 14.2 Å². The number of aliphatic hydroxyl groups excluding tert-OH is 1. The van der Waals surface area contributed by atoms with Gasteiger partial charge in [-0.15, -0.1) is 23.2 Å². The summed E-state index contributed by atoms with van der Waals surface area (Å²) in [5, 5.41) is 9.22. The Bertz CT molecular complexity index is 491. The van der Waals surface area contributed by atoms with Crippen molar-refractivity contribution in [3.05, 3.63) is 10.1 Å². The van der Waals surface area contributed by atoms with Gasteiger partial charge in [-0.05, 0) is 6.42 Å². The molecule has 2 aliphatic rings. The van der Waals surface area contributed by atoms with Gasteiger partial charge in [-0.2, -0.15) is 0 Å². The molecule has 0 radical (unpaired) electrons. The molecule has 2 rings (SSSR count). The van der Waals surface area contributed by atoms with Crippen molar-refractivity contribution in [2.24, 2.45) is 5.92 Å². The summed E-state index contributed by atoms with van der Waals surface area (Å²) < 4.78 is 10.9. The number of rotatable bonds is 2. The van der Waals surface area contributed by atoms with E-state index >= 15 is 0 Å². The first-order chi connectivity index (χ1) is 8.85. The van der Waals surface area contributed by atoms with Crippen LogP contribution >= 0.6 is 46.4 Å². The number of aliphatic hydroxyl groups is 1. The smallest absolute Gasteiger partial charge is 0.218 e. The highest BCUT2D eigenvalue weighted by atomic mass is 35.5. The molecule has 0 aliphatic heterocycles. The Morgan fingerprint density at radius 3 is 2.26 bits per heavy atom. The third-order valence-corrected chi connectivity index (χ3v) is 6.34. The minimum atomic E-state index is -1.40. The maximum absolute atomic E-state index is 8.82. The van der Waals surface area contributed by atoms with E-state index in [2.05, 4.69) is 11.8 Å². The van der Waals surface area contributed by atoms with Gasteiger partial charge in [0.15, 0.2) is 4.87 Å². The molecule has 0 amide bonds. The minimum absolute atomic E-state index is 0.179. The van der Waals surface area contributed by atoms with E-state index in [9.17, 15) is 0 Å². The number of methoxy groups -OCH3 is 2. The molecule has 0 aromatic heterocycles. The Hall–Kier alpha value is 0.340. The number of alkyl halides is 2. The van der Waals surface area contributed by atoms with E-state index < -0.39 is 21.5 Å². The van der Waals surface area contributed by atoms with Gasteiger partial charge in [-0.1, -0.05) is 35.0 Å². The summed E-state index contributed by atoms with van der Waals surface area (Å²) in [7, 11) is 2.86. The maximum Gasteiger partial charge on any atom is 0.218 e. The first kappa shape index (κ1) is 15.7.